The van der Waals surface area contributed by atoms with Crippen molar-refractivity contribution in [1.82, 2.24) is 4.90 Å². The molecule has 0 bridgehead atoms. The normalized spacial score (nSPS) is 31.9. The van der Waals surface area contributed by atoms with Crippen molar-refractivity contribution in [3.8, 4) is 0 Å². The van der Waals surface area contributed by atoms with E-state index < -0.39 is 5.79 Å². The van der Waals surface area contributed by atoms with Gasteiger partial charge >= 0.3 is 0 Å². The second kappa shape index (κ2) is 7.49. The van der Waals surface area contributed by atoms with Crippen LogP contribution in [0.2, 0.25) is 0 Å². The molecule has 2 saturated heterocycles. The maximum atomic E-state index is 13.7. The summed E-state index contributed by atoms with van der Waals surface area (Å²) in [6.45, 7) is 6.86. The first-order valence-electron chi connectivity index (χ1n) is 11.0. The monoisotopic (exact) mass is 406 g/mol. The van der Waals surface area contributed by atoms with Crippen LogP contribution >= 0.6 is 0 Å². The number of carbonyl (C=O) groups is 1. The molecule has 3 aliphatic rings. The number of anilines is 1. The zero-order chi connectivity index (χ0) is 20.8. The average Bonchev–Trinajstić information content (AvgIpc) is 3.01. The lowest BCUT2D eigenvalue weighted by Crippen LogP contribution is -2.55. The summed E-state index contributed by atoms with van der Waals surface area (Å²) in [4.78, 5) is 18.0. The van der Waals surface area contributed by atoms with E-state index in [0.717, 1.165) is 23.4 Å². The summed E-state index contributed by atoms with van der Waals surface area (Å²) < 4.78 is 12.7. The van der Waals surface area contributed by atoms with Crippen molar-refractivity contribution in [1.29, 1.82) is 0 Å². The molecule has 5 nitrogen and oxygen atoms in total. The van der Waals surface area contributed by atoms with E-state index in [9.17, 15) is 4.79 Å². The van der Waals surface area contributed by atoms with Gasteiger partial charge in [0.2, 0.25) is 0 Å². The fourth-order valence-corrected chi connectivity index (χ4v) is 4.97. The molecule has 0 saturated carbocycles. The van der Waals surface area contributed by atoms with Crippen LogP contribution in [0, 0.1) is 0 Å². The van der Waals surface area contributed by atoms with Crippen LogP contribution in [-0.4, -0.2) is 43.3 Å². The number of hydrogen-bond acceptors (Lipinski definition) is 4. The van der Waals surface area contributed by atoms with Gasteiger partial charge in [0.05, 0.1) is 25.6 Å². The number of benzene rings is 2. The first kappa shape index (κ1) is 19.7. The van der Waals surface area contributed by atoms with Crippen LogP contribution in [0.25, 0.3) is 0 Å². The zero-order valence-electron chi connectivity index (χ0n) is 17.8. The fourth-order valence-electron chi connectivity index (χ4n) is 4.97. The Kier molecular flexibility index (Phi) is 4.92. The molecule has 2 aromatic carbocycles. The van der Waals surface area contributed by atoms with Gasteiger partial charge in [0.25, 0.3) is 11.7 Å². The summed E-state index contributed by atoms with van der Waals surface area (Å²) in [6.07, 6.45) is 3.62. The van der Waals surface area contributed by atoms with Crippen LogP contribution in [0.3, 0.4) is 0 Å². The Hall–Kier alpha value is -2.21. The van der Waals surface area contributed by atoms with Crippen LogP contribution in [0.5, 0.6) is 0 Å². The molecule has 0 aromatic heterocycles. The fraction of sp³-hybridized carbons (Fsp3) is 0.480. The topological polar surface area (TPSA) is 42.0 Å². The molecule has 5 heteroatoms. The van der Waals surface area contributed by atoms with Crippen molar-refractivity contribution in [2.75, 3.05) is 31.3 Å². The molecule has 5 rings (SSSR count). The van der Waals surface area contributed by atoms with Crippen molar-refractivity contribution < 1.29 is 14.3 Å². The number of para-hydroxylation sites is 1. The number of amides is 1. The highest BCUT2D eigenvalue weighted by atomic mass is 16.7. The van der Waals surface area contributed by atoms with Crippen LogP contribution in [-0.2, 0) is 25.5 Å². The molecule has 1 spiro atoms. The Morgan fingerprint density at radius 2 is 1.70 bits per heavy atom. The summed E-state index contributed by atoms with van der Waals surface area (Å²) in [5, 5.41) is 0. The van der Waals surface area contributed by atoms with E-state index in [2.05, 4.69) is 30.9 Å². The third-order valence-electron chi connectivity index (χ3n) is 7.00. The number of nitrogens with zero attached hydrogens (tertiary/aromatic N) is 2. The molecule has 1 atom stereocenters. The van der Waals surface area contributed by atoms with Crippen molar-refractivity contribution in [2.45, 2.75) is 50.4 Å². The second-order valence-corrected chi connectivity index (χ2v) is 9.17. The summed E-state index contributed by atoms with van der Waals surface area (Å²) in [5.74, 6) is -1.43. The molecule has 0 radical (unpaired) electrons. The van der Waals surface area contributed by atoms with Crippen molar-refractivity contribution in [2.24, 2.45) is 0 Å². The number of carbonyl (C=O) groups excluding carboxylic acids is 1. The molecule has 158 valence electrons. The second-order valence-electron chi connectivity index (χ2n) is 9.17. The third kappa shape index (κ3) is 3.08. The van der Waals surface area contributed by atoms with Crippen molar-refractivity contribution in [3.05, 3.63) is 65.7 Å². The summed E-state index contributed by atoms with van der Waals surface area (Å²) >= 11 is 0. The number of piperidine rings is 1. The molecule has 0 aliphatic carbocycles. The van der Waals surface area contributed by atoms with E-state index in [1.807, 2.05) is 47.4 Å². The largest absolute Gasteiger partial charge is 0.337 e. The highest BCUT2D eigenvalue weighted by Gasteiger charge is 2.57. The minimum atomic E-state index is -1.33. The third-order valence-corrected chi connectivity index (χ3v) is 7.00. The van der Waals surface area contributed by atoms with Gasteiger partial charge < -0.3 is 9.47 Å². The SMILES string of the molecule is C[C@H]1CCCCN1CN1C(=O)C2(OCC(C)(c3ccccc3)CO2)c2ccccc21. The van der Waals surface area contributed by atoms with Gasteiger partial charge in [-0.05, 0) is 31.4 Å². The Labute approximate surface area is 178 Å². The molecule has 2 aromatic rings. The molecule has 0 N–H and O–H groups in total. The Balaban J connectivity index is 1.43. The van der Waals surface area contributed by atoms with Gasteiger partial charge in [0, 0.05) is 23.6 Å². The van der Waals surface area contributed by atoms with E-state index in [1.165, 1.54) is 19.3 Å². The molecular weight excluding hydrogens is 376 g/mol. The predicted octanol–water partition coefficient (Wildman–Crippen LogP) is 4.02. The highest BCUT2D eigenvalue weighted by molar-refractivity contribution is 6.06. The van der Waals surface area contributed by atoms with Gasteiger partial charge in [-0.2, -0.15) is 0 Å². The van der Waals surface area contributed by atoms with Gasteiger partial charge in [-0.25, -0.2) is 0 Å². The summed E-state index contributed by atoms with van der Waals surface area (Å²) in [7, 11) is 0. The van der Waals surface area contributed by atoms with Crippen molar-refractivity contribution in [3.63, 3.8) is 0 Å². The van der Waals surface area contributed by atoms with E-state index in [0.29, 0.717) is 25.9 Å². The predicted molar refractivity (Wildman–Crippen MR) is 116 cm³/mol. The molecule has 0 unspecified atom stereocenters. The van der Waals surface area contributed by atoms with Crippen LogP contribution < -0.4 is 4.90 Å². The molecule has 2 fully saturated rings. The minimum Gasteiger partial charge on any atom is -0.337 e. The minimum absolute atomic E-state index is 0.100. The van der Waals surface area contributed by atoms with Gasteiger partial charge in [0.1, 0.15) is 0 Å². The number of likely N-dealkylation sites (tertiary alicyclic amines) is 1. The van der Waals surface area contributed by atoms with E-state index in [1.54, 1.807) is 0 Å². The maximum absolute atomic E-state index is 13.7. The molecule has 3 heterocycles. The summed E-state index contributed by atoms with van der Waals surface area (Å²) in [5.41, 5.74) is 2.62. The van der Waals surface area contributed by atoms with Gasteiger partial charge in [0.15, 0.2) is 0 Å². The number of ether oxygens (including phenoxy) is 2. The number of hydrogen-bond donors (Lipinski definition) is 0. The van der Waals surface area contributed by atoms with Crippen LogP contribution in [0.15, 0.2) is 54.6 Å². The molecule has 1 amide bonds. The average molecular weight is 407 g/mol. The first-order chi connectivity index (χ1) is 14.5. The van der Waals surface area contributed by atoms with E-state index >= 15 is 0 Å². The number of rotatable bonds is 3. The summed E-state index contributed by atoms with van der Waals surface area (Å²) in [6, 6.07) is 18.7. The molecular formula is C25H30N2O3. The van der Waals surface area contributed by atoms with Crippen LogP contribution in [0.1, 0.15) is 44.2 Å². The Morgan fingerprint density at radius 1 is 1.00 bits per heavy atom. The maximum Gasteiger partial charge on any atom is 0.293 e. The lowest BCUT2D eigenvalue weighted by molar-refractivity contribution is -0.276. The van der Waals surface area contributed by atoms with E-state index in [-0.39, 0.29) is 11.3 Å². The van der Waals surface area contributed by atoms with Crippen molar-refractivity contribution >= 4 is 11.6 Å². The lowest BCUT2D eigenvalue weighted by Gasteiger charge is -2.42. The number of fused-ring (bicyclic) bond motifs is 2. The molecule has 30 heavy (non-hydrogen) atoms. The Morgan fingerprint density at radius 3 is 2.43 bits per heavy atom. The highest BCUT2D eigenvalue weighted by Crippen LogP contribution is 2.48. The van der Waals surface area contributed by atoms with Crippen LogP contribution in [0.4, 0.5) is 5.69 Å². The Bertz CT molecular complexity index is 921. The smallest absolute Gasteiger partial charge is 0.293 e. The van der Waals surface area contributed by atoms with E-state index in [4.69, 9.17) is 9.47 Å². The first-order valence-corrected chi connectivity index (χ1v) is 11.0. The van der Waals surface area contributed by atoms with Gasteiger partial charge in [-0.3, -0.25) is 14.6 Å². The standard InChI is InChI=1S/C25H30N2O3/c1-19-10-8-9-15-26(19)18-27-22-14-7-6-13-21(22)25(23(27)28)29-16-24(2,17-30-25)20-11-4-3-5-12-20/h3-7,11-14,19H,8-10,15-18H2,1-2H3/t19-,24?,25?/m0/s1. The quantitative estimate of drug-likeness (QED) is 0.772. The van der Waals surface area contributed by atoms with Gasteiger partial charge in [-0.15, -0.1) is 0 Å². The van der Waals surface area contributed by atoms with Gasteiger partial charge in [-0.1, -0.05) is 61.9 Å². The zero-order valence-corrected chi connectivity index (χ0v) is 17.8. The lowest BCUT2D eigenvalue weighted by atomic mass is 9.83. The molecule has 3 aliphatic heterocycles.